The van der Waals surface area contributed by atoms with Crippen LogP contribution in [0.3, 0.4) is 0 Å². The van der Waals surface area contributed by atoms with Crippen LogP contribution in [0.15, 0.2) is 81.6 Å². The number of carbonyl (C=O) groups excluding carboxylic acids is 1. The van der Waals surface area contributed by atoms with Crippen molar-refractivity contribution < 1.29 is 40.7 Å². The van der Waals surface area contributed by atoms with Crippen molar-refractivity contribution in [2.24, 2.45) is 0 Å². The Balaban J connectivity index is 1.67. The van der Waals surface area contributed by atoms with Crippen LogP contribution in [0.1, 0.15) is 20.7 Å². The number of oxazole rings is 1. The lowest BCUT2D eigenvalue weighted by molar-refractivity contribution is 0.0696. The summed E-state index contributed by atoms with van der Waals surface area (Å²) in [6, 6.07) is 16.6. The SMILES string of the molecule is CNC(=O)c1c(-c2ccc(F)cc2)oc2cc(N(C)S(C)(=O)=O)c(-c3cc(C(=O)O)cc(-c4nc5c(F)cccc5o4)c3)cc12. The van der Waals surface area contributed by atoms with Crippen molar-refractivity contribution in [1.82, 2.24) is 10.3 Å². The quantitative estimate of drug-likeness (QED) is 0.209. The number of sulfonamides is 1. The lowest BCUT2D eigenvalue weighted by Crippen LogP contribution is -2.25. The van der Waals surface area contributed by atoms with Gasteiger partial charge in [0.05, 0.1) is 23.1 Å². The number of para-hydroxylation sites is 1. The van der Waals surface area contributed by atoms with Gasteiger partial charge in [0.15, 0.2) is 11.4 Å². The summed E-state index contributed by atoms with van der Waals surface area (Å²) in [7, 11) is -1.13. The Bertz CT molecular complexity index is 2280. The van der Waals surface area contributed by atoms with Gasteiger partial charge in [-0.15, -0.1) is 0 Å². The molecule has 0 fully saturated rings. The Hall–Kier alpha value is -5.56. The number of carbonyl (C=O) groups is 2. The van der Waals surface area contributed by atoms with E-state index in [1.165, 1.54) is 86.9 Å². The molecule has 0 aliphatic carbocycles. The fourth-order valence-electron chi connectivity index (χ4n) is 5.03. The number of fused-ring (bicyclic) bond motifs is 2. The highest BCUT2D eigenvalue weighted by Gasteiger charge is 2.27. The molecule has 6 aromatic rings. The molecular formula is C32H23F2N3O7S. The summed E-state index contributed by atoms with van der Waals surface area (Å²) < 4.78 is 66.5. The normalized spacial score (nSPS) is 11.7. The predicted octanol–water partition coefficient (Wildman–Crippen LogP) is 6.31. The number of nitrogens with one attached hydrogen (secondary N) is 1. The van der Waals surface area contributed by atoms with E-state index < -0.39 is 33.5 Å². The number of hydrogen-bond acceptors (Lipinski definition) is 7. The number of carboxylic acid groups (broad SMARTS) is 1. The van der Waals surface area contributed by atoms with Crippen LogP contribution in [0, 0.1) is 11.6 Å². The number of amides is 1. The van der Waals surface area contributed by atoms with Crippen LogP contribution in [-0.2, 0) is 10.0 Å². The van der Waals surface area contributed by atoms with Crippen LogP contribution in [0.4, 0.5) is 14.5 Å². The number of carboxylic acids is 1. The van der Waals surface area contributed by atoms with Crippen molar-refractivity contribution in [2.75, 3.05) is 24.7 Å². The molecule has 0 aliphatic heterocycles. The molecule has 0 unspecified atom stereocenters. The van der Waals surface area contributed by atoms with Gasteiger partial charge in [-0.3, -0.25) is 9.10 Å². The first-order chi connectivity index (χ1) is 21.3. The zero-order valence-corrected chi connectivity index (χ0v) is 24.7. The molecule has 0 radical (unpaired) electrons. The van der Waals surface area contributed by atoms with Gasteiger partial charge in [0.1, 0.15) is 22.7 Å². The Kier molecular flexibility index (Phi) is 7.12. The van der Waals surface area contributed by atoms with Crippen LogP contribution in [-0.4, -0.2) is 50.7 Å². The van der Waals surface area contributed by atoms with Gasteiger partial charge < -0.3 is 19.3 Å². The topological polar surface area (TPSA) is 143 Å². The van der Waals surface area contributed by atoms with E-state index in [1.54, 1.807) is 0 Å². The van der Waals surface area contributed by atoms with Crippen molar-refractivity contribution in [3.05, 3.63) is 95.6 Å². The number of aromatic nitrogens is 1. The molecular weight excluding hydrogens is 608 g/mol. The lowest BCUT2D eigenvalue weighted by Gasteiger charge is -2.21. The first-order valence-corrected chi connectivity index (χ1v) is 15.2. The minimum Gasteiger partial charge on any atom is -0.478 e. The third-order valence-electron chi connectivity index (χ3n) is 7.31. The molecule has 13 heteroatoms. The van der Waals surface area contributed by atoms with E-state index in [0.717, 1.165) is 10.6 Å². The van der Waals surface area contributed by atoms with E-state index in [0.29, 0.717) is 5.56 Å². The smallest absolute Gasteiger partial charge is 0.335 e. The summed E-state index contributed by atoms with van der Waals surface area (Å²) >= 11 is 0. The van der Waals surface area contributed by atoms with E-state index in [-0.39, 0.29) is 67.2 Å². The molecule has 228 valence electrons. The summed E-state index contributed by atoms with van der Waals surface area (Å²) in [5.74, 6) is -2.90. The van der Waals surface area contributed by atoms with Gasteiger partial charge >= 0.3 is 5.97 Å². The van der Waals surface area contributed by atoms with Crippen LogP contribution in [0.25, 0.3) is 56.0 Å². The third-order valence-corrected chi connectivity index (χ3v) is 8.50. The van der Waals surface area contributed by atoms with E-state index in [1.807, 2.05) is 0 Å². The number of furan rings is 1. The molecule has 10 nitrogen and oxygen atoms in total. The number of halogens is 2. The Morgan fingerprint density at radius 3 is 2.27 bits per heavy atom. The zero-order chi connectivity index (χ0) is 32.2. The highest BCUT2D eigenvalue weighted by atomic mass is 32.2. The standard InChI is InChI=1S/C32H23F2N3O7S/c1-35-30(38)27-22-14-21(24(37(2)45(3,41)42)15-26(22)43-29(27)16-7-9-20(33)10-8-16)17-11-18(13-19(12-17)32(39)40)31-36-28-23(34)5-4-6-25(28)44-31/h4-15H,1-3H3,(H,35,38)(H,39,40). The second-order valence-corrected chi connectivity index (χ2v) is 12.2. The molecule has 0 bridgehead atoms. The third kappa shape index (κ3) is 5.27. The minimum absolute atomic E-state index is 0.0457. The fraction of sp³-hybridized carbons (Fsp3) is 0.0938. The summed E-state index contributed by atoms with van der Waals surface area (Å²) in [4.78, 5) is 29.6. The number of nitrogens with zero attached hydrogens (tertiary/aromatic N) is 2. The summed E-state index contributed by atoms with van der Waals surface area (Å²) in [5, 5.41) is 12.8. The average Bonchev–Trinajstić information content (AvgIpc) is 3.62. The highest BCUT2D eigenvalue weighted by Crippen LogP contribution is 2.42. The maximum atomic E-state index is 14.4. The molecule has 2 N–H and O–H groups in total. The Morgan fingerprint density at radius 2 is 1.62 bits per heavy atom. The van der Waals surface area contributed by atoms with Crippen LogP contribution in [0.2, 0.25) is 0 Å². The van der Waals surface area contributed by atoms with Crippen molar-refractivity contribution in [3.63, 3.8) is 0 Å². The molecule has 0 aliphatic rings. The van der Waals surface area contributed by atoms with Gasteiger partial charge in [-0.1, -0.05) is 6.07 Å². The molecule has 4 aromatic carbocycles. The molecule has 0 saturated heterocycles. The van der Waals surface area contributed by atoms with Crippen LogP contribution >= 0.6 is 0 Å². The van der Waals surface area contributed by atoms with E-state index in [9.17, 15) is 31.9 Å². The fourth-order valence-corrected chi connectivity index (χ4v) is 5.53. The molecule has 2 aromatic heterocycles. The van der Waals surface area contributed by atoms with Crippen molar-refractivity contribution >= 4 is 49.7 Å². The number of rotatable bonds is 7. The Labute approximate surface area is 254 Å². The maximum Gasteiger partial charge on any atom is 0.335 e. The average molecular weight is 632 g/mol. The number of benzene rings is 4. The first-order valence-electron chi connectivity index (χ1n) is 13.3. The van der Waals surface area contributed by atoms with Gasteiger partial charge in [-0.05, 0) is 66.2 Å². The molecule has 6 rings (SSSR count). The molecule has 0 spiro atoms. The van der Waals surface area contributed by atoms with E-state index in [4.69, 9.17) is 8.83 Å². The summed E-state index contributed by atoms with van der Waals surface area (Å²) in [6.07, 6.45) is 0.995. The van der Waals surface area contributed by atoms with Gasteiger partial charge in [0.25, 0.3) is 5.91 Å². The maximum absolute atomic E-state index is 14.4. The largest absolute Gasteiger partial charge is 0.478 e. The van der Waals surface area contributed by atoms with Crippen LogP contribution in [0.5, 0.6) is 0 Å². The first kappa shape index (κ1) is 29.5. The Morgan fingerprint density at radius 1 is 0.911 bits per heavy atom. The monoisotopic (exact) mass is 631 g/mol. The number of aromatic carboxylic acids is 1. The molecule has 2 heterocycles. The van der Waals surface area contributed by atoms with E-state index in [2.05, 4.69) is 10.3 Å². The van der Waals surface area contributed by atoms with Gasteiger partial charge in [-0.25, -0.2) is 27.0 Å². The molecule has 45 heavy (non-hydrogen) atoms. The molecule has 1 amide bonds. The van der Waals surface area contributed by atoms with E-state index >= 15 is 0 Å². The van der Waals surface area contributed by atoms with Crippen molar-refractivity contribution in [2.45, 2.75) is 0 Å². The second-order valence-electron chi connectivity index (χ2n) is 10.2. The van der Waals surface area contributed by atoms with Crippen LogP contribution < -0.4 is 9.62 Å². The van der Waals surface area contributed by atoms with Gasteiger partial charge in [-0.2, -0.15) is 0 Å². The summed E-state index contributed by atoms with van der Waals surface area (Å²) in [5.41, 5.74) is 1.27. The second kappa shape index (κ2) is 10.9. The van der Waals surface area contributed by atoms with Gasteiger partial charge in [0.2, 0.25) is 15.9 Å². The minimum atomic E-state index is -3.87. The number of anilines is 1. The predicted molar refractivity (Wildman–Crippen MR) is 164 cm³/mol. The lowest BCUT2D eigenvalue weighted by atomic mass is 9.95. The van der Waals surface area contributed by atoms with Crippen molar-refractivity contribution in [1.29, 1.82) is 0 Å². The summed E-state index contributed by atoms with van der Waals surface area (Å²) in [6.45, 7) is 0. The zero-order valence-electron chi connectivity index (χ0n) is 23.9. The van der Waals surface area contributed by atoms with Crippen molar-refractivity contribution in [3.8, 4) is 33.9 Å². The number of hydrogen-bond donors (Lipinski definition) is 2. The highest BCUT2D eigenvalue weighted by molar-refractivity contribution is 7.92. The van der Waals surface area contributed by atoms with Gasteiger partial charge in [0, 0.05) is 42.2 Å². The molecule has 0 saturated carbocycles. The molecule has 0 atom stereocenters.